The lowest BCUT2D eigenvalue weighted by Crippen LogP contribution is -2.57. The van der Waals surface area contributed by atoms with Gasteiger partial charge in [-0.2, -0.15) is 0 Å². The van der Waals surface area contributed by atoms with Crippen molar-refractivity contribution in [3.05, 3.63) is 29.8 Å². The number of alkyl halides is 1. The van der Waals surface area contributed by atoms with Gasteiger partial charge < -0.3 is 9.53 Å². The van der Waals surface area contributed by atoms with Crippen LogP contribution < -0.4 is 0 Å². The number of rotatable bonds is 7. The molecule has 1 heterocycles. The minimum Gasteiger partial charge on any atom is -0.508 e. The summed E-state index contributed by atoms with van der Waals surface area (Å²) in [4.78, 5) is 4.42. The molecule has 1 aromatic carbocycles. The molecule has 6 heteroatoms. The largest absolute Gasteiger partial charge is 0.508 e. The second-order valence-electron chi connectivity index (χ2n) is 9.16. The molecule has 3 unspecified atom stereocenters. The molecule has 0 amide bonds. The van der Waals surface area contributed by atoms with Crippen LogP contribution in [0.4, 0.5) is 0 Å². The molecule has 1 aliphatic heterocycles. The maximum atomic E-state index is 9.67. The van der Waals surface area contributed by atoms with E-state index in [9.17, 15) is 5.11 Å². The number of halogens is 1. The fourth-order valence-corrected chi connectivity index (χ4v) is 5.92. The molecule has 1 fully saturated rings. The number of hydrogen-bond donors (Lipinski definition) is 1. The minimum absolute atomic E-state index is 0.000807. The maximum Gasteiger partial charge on any atom is 0.146 e. The van der Waals surface area contributed by atoms with Gasteiger partial charge in [0.1, 0.15) is 21.2 Å². The average molecular weight is 413 g/mol. The highest BCUT2D eigenvalue weighted by Crippen LogP contribution is 2.52. The fraction of sp³-hybridized carbons (Fsp3) is 0.714. The number of benzene rings is 1. The van der Waals surface area contributed by atoms with Gasteiger partial charge in [-0.05, 0) is 43.5 Å². The van der Waals surface area contributed by atoms with Gasteiger partial charge >= 0.3 is 0 Å². The van der Waals surface area contributed by atoms with Crippen molar-refractivity contribution in [1.82, 2.24) is 9.80 Å². The first-order valence-corrected chi connectivity index (χ1v) is 11.2. The Morgan fingerprint density at radius 1 is 1.26 bits per heavy atom. The van der Waals surface area contributed by atoms with Gasteiger partial charge in [0.05, 0.1) is 12.3 Å². The molecule has 0 saturated carbocycles. The summed E-state index contributed by atoms with van der Waals surface area (Å²) in [6.07, 6.45) is 3.29. The fourth-order valence-electron chi connectivity index (χ4n) is 4.86. The predicted molar refractivity (Wildman–Crippen MR) is 117 cm³/mol. The summed E-state index contributed by atoms with van der Waals surface area (Å²) in [5.74, 6) is 0.298. The Kier molecular flexibility index (Phi) is 7.07. The first kappa shape index (κ1) is 22.7. The van der Waals surface area contributed by atoms with Crippen LogP contribution in [0.1, 0.15) is 59.4 Å². The van der Waals surface area contributed by atoms with Crippen LogP contribution in [0.5, 0.6) is 5.75 Å². The summed E-state index contributed by atoms with van der Waals surface area (Å²) < 4.78 is 5.89. The van der Waals surface area contributed by atoms with Crippen molar-refractivity contribution >= 4 is 22.1 Å². The molecule has 0 aromatic heterocycles. The highest BCUT2D eigenvalue weighted by Gasteiger charge is 2.63. The first-order chi connectivity index (χ1) is 12.5. The normalized spacial score (nSPS) is 30.3. The van der Waals surface area contributed by atoms with Crippen LogP contribution in [0.2, 0.25) is 0 Å². The summed E-state index contributed by atoms with van der Waals surface area (Å²) in [5, 5.41) is 9.67. The van der Waals surface area contributed by atoms with Gasteiger partial charge in [0, 0.05) is 12.6 Å². The lowest BCUT2D eigenvalue weighted by molar-refractivity contribution is -0.0490. The van der Waals surface area contributed by atoms with Gasteiger partial charge in [0.15, 0.2) is 0 Å². The molecular weight excluding hydrogens is 376 g/mol. The topological polar surface area (TPSA) is 35.9 Å². The molecular formula is C21H37ClN2O2Si. The van der Waals surface area contributed by atoms with Crippen LogP contribution in [-0.2, 0) is 11.0 Å². The van der Waals surface area contributed by atoms with E-state index in [2.05, 4.69) is 51.5 Å². The van der Waals surface area contributed by atoms with E-state index < -0.39 is 5.00 Å². The first-order valence-electron chi connectivity index (χ1n) is 9.97. The molecule has 0 spiro atoms. The monoisotopic (exact) mass is 412 g/mol. The van der Waals surface area contributed by atoms with E-state index >= 15 is 0 Å². The van der Waals surface area contributed by atoms with Crippen LogP contribution in [0.15, 0.2) is 24.3 Å². The van der Waals surface area contributed by atoms with Crippen molar-refractivity contribution in [3.63, 3.8) is 0 Å². The predicted octanol–water partition coefficient (Wildman–Crippen LogP) is 3.69. The highest BCUT2D eigenvalue weighted by molar-refractivity contribution is 6.24. The van der Waals surface area contributed by atoms with E-state index in [1.54, 1.807) is 12.1 Å². The van der Waals surface area contributed by atoms with Crippen molar-refractivity contribution in [3.8, 4) is 5.75 Å². The third-order valence-corrected chi connectivity index (χ3v) is 6.79. The van der Waals surface area contributed by atoms with Crippen LogP contribution in [0.25, 0.3) is 0 Å². The Morgan fingerprint density at radius 2 is 1.85 bits per heavy atom. The molecule has 154 valence electrons. The summed E-state index contributed by atoms with van der Waals surface area (Å²) in [7, 11) is 2.86. The number of phenols is 1. The SMILES string of the molecule is CCCCC1(CO[SiH3])N(Cc2ccc(O)cc2)C(C(C)(C)C)C(C)(Cl)N1C. The molecule has 0 radical (unpaired) electrons. The number of phenolic OH excluding ortho intramolecular Hbond substituents is 1. The van der Waals surface area contributed by atoms with Gasteiger partial charge in [-0.15, -0.1) is 11.6 Å². The number of likely N-dealkylation sites (N-methyl/N-ethyl adjacent to an activating group) is 1. The van der Waals surface area contributed by atoms with E-state index in [0.29, 0.717) is 22.8 Å². The Labute approximate surface area is 173 Å². The molecule has 1 saturated heterocycles. The second-order valence-corrected chi connectivity index (χ2v) is 10.5. The zero-order chi connectivity index (χ0) is 20.5. The van der Waals surface area contributed by atoms with E-state index in [1.807, 2.05) is 12.1 Å². The van der Waals surface area contributed by atoms with E-state index in [1.165, 1.54) is 5.56 Å². The van der Waals surface area contributed by atoms with Gasteiger partial charge in [-0.25, -0.2) is 0 Å². The molecule has 0 aliphatic carbocycles. The van der Waals surface area contributed by atoms with Crippen LogP contribution in [-0.4, -0.2) is 55.7 Å². The highest BCUT2D eigenvalue weighted by atomic mass is 35.5. The summed E-state index contributed by atoms with van der Waals surface area (Å²) in [5.41, 5.74) is 0.948. The smallest absolute Gasteiger partial charge is 0.146 e. The lowest BCUT2D eigenvalue weighted by Gasteiger charge is -2.45. The van der Waals surface area contributed by atoms with Crippen molar-refractivity contribution < 1.29 is 9.53 Å². The number of unbranched alkanes of at least 4 members (excludes halogenated alkanes) is 1. The molecule has 3 atom stereocenters. The quantitative estimate of drug-likeness (QED) is 0.421. The molecule has 27 heavy (non-hydrogen) atoms. The van der Waals surface area contributed by atoms with Crippen molar-refractivity contribution in [1.29, 1.82) is 0 Å². The van der Waals surface area contributed by atoms with Gasteiger partial charge in [0.25, 0.3) is 0 Å². The van der Waals surface area contributed by atoms with Crippen LogP contribution >= 0.6 is 11.6 Å². The molecule has 1 aliphatic rings. The molecule has 1 N–H and O–H groups in total. The molecule has 0 bridgehead atoms. The van der Waals surface area contributed by atoms with Gasteiger partial charge in [0.2, 0.25) is 0 Å². The molecule has 4 nitrogen and oxygen atoms in total. The third kappa shape index (κ3) is 4.37. The van der Waals surface area contributed by atoms with Crippen molar-refractivity contribution in [2.75, 3.05) is 13.7 Å². The average Bonchev–Trinajstić information content (AvgIpc) is 2.73. The lowest BCUT2D eigenvalue weighted by atomic mass is 9.81. The van der Waals surface area contributed by atoms with Crippen molar-refractivity contribution in [2.45, 2.75) is 77.1 Å². The molecule has 2 rings (SSSR count). The standard InChI is InChI=1S/C21H37ClN2O2Si/c1-7-8-13-21(15-26-27)23(6)20(5,22)18(19(2,3)4)24(21)14-16-9-11-17(25)12-10-16/h9-12,18,25H,7-8,13-15H2,1-6,27H3. The van der Waals surface area contributed by atoms with E-state index in [4.69, 9.17) is 16.0 Å². The van der Waals surface area contributed by atoms with Crippen molar-refractivity contribution in [2.24, 2.45) is 5.41 Å². The second kappa shape index (κ2) is 8.42. The van der Waals surface area contributed by atoms with Crippen LogP contribution in [0.3, 0.4) is 0 Å². The summed E-state index contributed by atoms with van der Waals surface area (Å²) >= 11 is 7.25. The van der Waals surface area contributed by atoms with E-state index in [-0.39, 0.29) is 17.1 Å². The van der Waals surface area contributed by atoms with Gasteiger partial charge in [-0.1, -0.05) is 52.7 Å². The number of hydrogen-bond acceptors (Lipinski definition) is 4. The maximum absolute atomic E-state index is 9.67. The minimum atomic E-state index is -0.497. The number of aromatic hydroxyl groups is 1. The van der Waals surface area contributed by atoms with Gasteiger partial charge in [-0.3, -0.25) is 9.80 Å². The Balaban J connectivity index is 2.56. The zero-order valence-corrected chi connectivity index (χ0v) is 20.8. The number of nitrogens with zero attached hydrogens (tertiary/aromatic N) is 2. The Morgan fingerprint density at radius 3 is 2.33 bits per heavy atom. The molecule has 1 aromatic rings. The zero-order valence-electron chi connectivity index (χ0n) is 18.1. The third-order valence-electron chi connectivity index (χ3n) is 6.04. The Bertz CT molecular complexity index is 618. The van der Waals surface area contributed by atoms with E-state index in [0.717, 1.165) is 25.8 Å². The summed E-state index contributed by atoms with van der Waals surface area (Å²) in [6.45, 7) is 12.6. The summed E-state index contributed by atoms with van der Waals surface area (Å²) in [6, 6.07) is 7.69. The van der Waals surface area contributed by atoms with Crippen LogP contribution in [0, 0.1) is 5.41 Å². The Hall–Kier alpha value is -0.593.